The molecule has 0 radical (unpaired) electrons. The minimum atomic E-state index is -1.11. The second kappa shape index (κ2) is 3.25. The Balaban J connectivity index is 2.48. The van der Waals surface area contributed by atoms with Gasteiger partial charge in [-0.05, 0) is 19.0 Å². The third-order valence-electron chi connectivity index (χ3n) is 2.88. The molecular weight excluding hydrogens is 154 g/mol. The van der Waals surface area contributed by atoms with Crippen molar-refractivity contribution in [3.8, 4) is 0 Å². The van der Waals surface area contributed by atoms with Gasteiger partial charge in [0.25, 0.3) is 0 Å². The summed E-state index contributed by atoms with van der Waals surface area (Å²) in [7, 11) is -1.11. The van der Waals surface area contributed by atoms with Gasteiger partial charge in [0.05, 0.1) is 6.10 Å². The Hall–Kier alpha value is 0.137. The highest BCUT2D eigenvalue weighted by Gasteiger charge is 2.32. The topological polar surface area (TPSA) is 23.5 Å². The van der Waals surface area contributed by atoms with Crippen LogP contribution < -0.4 is 0 Å². The van der Waals surface area contributed by atoms with Gasteiger partial charge in [-0.2, -0.15) is 0 Å². The fraction of sp³-hybridized carbons (Fsp3) is 1.00. The van der Waals surface area contributed by atoms with Crippen LogP contribution in [0.5, 0.6) is 0 Å². The Morgan fingerprint density at radius 3 is 2.55 bits per heavy atom. The Labute approximate surface area is 70.3 Å². The van der Waals surface area contributed by atoms with E-state index >= 15 is 0 Å². The van der Waals surface area contributed by atoms with Crippen molar-refractivity contribution in [3.05, 3.63) is 0 Å². The van der Waals surface area contributed by atoms with Gasteiger partial charge in [-0.15, -0.1) is 0 Å². The molecule has 2 nitrogen and oxygen atoms in total. The van der Waals surface area contributed by atoms with Gasteiger partial charge >= 0.3 is 0 Å². The molecular formula is C8H19NOSi. The van der Waals surface area contributed by atoms with Gasteiger partial charge in [0.2, 0.25) is 0 Å². The summed E-state index contributed by atoms with van der Waals surface area (Å²) < 4.78 is 2.51. The van der Waals surface area contributed by atoms with Crippen LogP contribution in [0.2, 0.25) is 19.1 Å². The van der Waals surface area contributed by atoms with E-state index in [1.54, 1.807) is 0 Å². The lowest BCUT2D eigenvalue weighted by Crippen LogP contribution is -2.46. The number of β-amino-alcohol motifs (C(OH)–C–C–N with tert-alkyl or cyclic N) is 1. The summed E-state index contributed by atoms with van der Waals surface area (Å²) in [5.41, 5.74) is 0. The predicted octanol–water partition coefficient (Wildman–Crippen LogP) is 1.28. The molecule has 1 rings (SSSR count). The summed E-state index contributed by atoms with van der Waals surface area (Å²) in [6.45, 7) is 9.06. The molecule has 11 heavy (non-hydrogen) atoms. The molecule has 1 atom stereocenters. The maximum atomic E-state index is 9.34. The number of nitrogens with zero attached hydrogens (tertiary/aromatic N) is 1. The van der Waals surface area contributed by atoms with E-state index in [4.69, 9.17) is 0 Å². The molecule has 1 heterocycles. The largest absolute Gasteiger partial charge is 0.392 e. The number of aliphatic hydroxyl groups is 1. The lowest BCUT2D eigenvalue weighted by atomic mass is 10.3. The number of hydrogen-bond donors (Lipinski definition) is 1. The van der Waals surface area contributed by atoms with E-state index < -0.39 is 8.24 Å². The third kappa shape index (κ3) is 2.04. The Bertz CT molecular complexity index is 138. The minimum absolute atomic E-state index is 0.0478. The summed E-state index contributed by atoms with van der Waals surface area (Å²) in [4.78, 5) is 0. The molecule has 0 aromatic heterocycles. The molecule has 0 saturated carbocycles. The molecule has 0 spiro atoms. The van der Waals surface area contributed by atoms with E-state index in [-0.39, 0.29) is 6.10 Å². The molecule has 1 aliphatic heterocycles. The standard InChI is InChI=1S/C8H19NOSi/c1-4-11(2,3)9-6-5-8(10)7-9/h8,10H,4-7H2,1-3H3. The molecule has 1 aliphatic rings. The average Bonchev–Trinajstić information content (AvgIpc) is 2.36. The summed E-state index contributed by atoms with van der Waals surface area (Å²) in [5, 5.41) is 9.34. The molecule has 0 aliphatic carbocycles. The summed E-state index contributed by atoms with van der Waals surface area (Å²) in [6.07, 6.45) is 0.935. The molecule has 1 saturated heterocycles. The van der Waals surface area contributed by atoms with Crippen molar-refractivity contribution in [2.75, 3.05) is 13.1 Å². The number of hydrogen-bond acceptors (Lipinski definition) is 2. The molecule has 0 amide bonds. The van der Waals surface area contributed by atoms with E-state index in [9.17, 15) is 5.11 Å². The van der Waals surface area contributed by atoms with Crippen molar-refractivity contribution >= 4 is 8.24 Å². The highest BCUT2D eigenvalue weighted by atomic mass is 28.3. The van der Waals surface area contributed by atoms with Gasteiger partial charge in [0, 0.05) is 6.54 Å². The number of aliphatic hydroxyl groups excluding tert-OH is 1. The highest BCUT2D eigenvalue weighted by molar-refractivity contribution is 6.74. The molecule has 1 fully saturated rings. The molecule has 1 unspecified atom stereocenters. The second-order valence-corrected chi connectivity index (χ2v) is 9.02. The third-order valence-corrected chi connectivity index (χ3v) is 6.73. The first-order valence-corrected chi connectivity index (χ1v) is 7.65. The quantitative estimate of drug-likeness (QED) is 0.636. The molecule has 3 heteroatoms. The van der Waals surface area contributed by atoms with Crippen molar-refractivity contribution in [1.82, 2.24) is 4.57 Å². The van der Waals surface area contributed by atoms with Crippen LogP contribution in [0, 0.1) is 0 Å². The van der Waals surface area contributed by atoms with Crippen LogP contribution >= 0.6 is 0 Å². The van der Waals surface area contributed by atoms with Crippen LogP contribution in [0.25, 0.3) is 0 Å². The van der Waals surface area contributed by atoms with Crippen LogP contribution in [-0.4, -0.2) is 37.1 Å². The second-order valence-electron chi connectivity index (χ2n) is 4.05. The Kier molecular flexibility index (Phi) is 2.73. The van der Waals surface area contributed by atoms with Gasteiger partial charge in [0.1, 0.15) is 8.24 Å². The van der Waals surface area contributed by atoms with Crippen LogP contribution in [0.3, 0.4) is 0 Å². The molecule has 1 N–H and O–H groups in total. The number of rotatable bonds is 2. The van der Waals surface area contributed by atoms with E-state index in [1.807, 2.05) is 0 Å². The first-order valence-electron chi connectivity index (χ1n) is 4.49. The maximum Gasteiger partial charge on any atom is 0.122 e. The van der Waals surface area contributed by atoms with Crippen molar-refractivity contribution in [1.29, 1.82) is 0 Å². The van der Waals surface area contributed by atoms with Crippen molar-refractivity contribution in [2.24, 2.45) is 0 Å². The zero-order valence-electron chi connectivity index (χ0n) is 7.80. The zero-order valence-corrected chi connectivity index (χ0v) is 8.80. The van der Waals surface area contributed by atoms with Gasteiger partial charge < -0.3 is 9.67 Å². The highest BCUT2D eigenvalue weighted by Crippen LogP contribution is 2.20. The van der Waals surface area contributed by atoms with Gasteiger partial charge in [-0.25, -0.2) is 0 Å². The minimum Gasteiger partial charge on any atom is -0.392 e. The summed E-state index contributed by atoms with van der Waals surface area (Å²) >= 11 is 0. The van der Waals surface area contributed by atoms with Gasteiger partial charge in [-0.1, -0.05) is 20.0 Å². The Morgan fingerprint density at radius 2 is 2.18 bits per heavy atom. The van der Waals surface area contributed by atoms with E-state index in [0.29, 0.717) is 0 Å². The van der Waals surface area contributed by atoms with Crippen molar-refractivity contribution < 1.29 is 5.11 Å². The van der Waals surface area contributed by atoms with Gasteiger partial charge in [-0.3, -0.25) is 0 Å². The molecule has 0 aromatic carbocycles. The lowest BCUT2D eigenvalue weighted by Gasteiger charge is -2.32. The van der Waals surface area contributed by atoms with Gasteiger partial charge in [0.15, 0.2) is 0 Å². The van der Waals surface area contributed by atoms with Crippen LogP contribution in [-0.2, 0) is 0 Å². The average molecular weight is 173 g/mol. The smallest absolute Gasteiger partial charge is 0.122 e. The predicted molar refractivity (Wildman–Crippen MR) is 50.2 cm³/mol. The lowest BCUT2D eigenvalue weighted by molar-refractivity contribution is 0.188. The Morgan fingerprint density at radius 1 is 1.55 bits per heavy atom. The molecule has 0 aromatic rings. The normalized spacial score (nSPS) is 27.8. The summed E-state index contributed by atoms with van der Waals surface area (Å²) in [6, 6.07) is 1.29. The molecule has 66 valence electrons. The van der Waals surface area contributed by atoms with E-state index in [1.165, 1.54) is 6.04 Å². The molecule has 0 bridgehead atoms. The van der Waals surface area contributed by atoms with Crippen LogP contribution in [0.15, 0.2) is 0 Å². The maximum absolute atomic E-state index is 9.34. The first-order chi connectivity index (χ1) is 5.06. The first kappa shape index (κ1) is 9.23. The zero-order chi connectivity index (χ0) is 8.48. The van der Waals surface area contributed by atoms with Crippen molar-refractivity contribution in [3.63, 3.8) is 0 Å². The van der Waals surface area contributed by atoms with Crippen molar-refractivity contribution in [2.45, 2.75) is 38.6 Å². The fourth-order valence-corrected chi connectivity index (χ4v) is 3.40. The summed E-state index contributed by atoms with van der Waals surface area (Å²) in [5.74, 6) is 0. The van der Waals surface area contributed by atoms with E-state index in [2.05, 4.69) is 24.6 Å². The van der Waals surface area contributed by atoms with Crippen LogP contribution in [0.4, 0.5) is 0 Å². The SMILES string of the molecule is CC[Si](C)(C)N1CCC(O)C1. The fourth-order valence-electron chi connectivity index (χ4n) is 1.52. The van der Waals surface area contributed by atoms with Crippen LogP contribution in [0.1, 0.15) is 13.3 Å². The van der Waals surface area contributed by atoms with E-state index in [0.717, 1.165) is 19.5 Å². The monoisotopic (exact) mass is 173 g/mol.